The van der Waals surface area contributed by atoms with Crippen LogP contribution in [0.15, 0.2) is 64.6 Å². The van der Waals surface area contributed by atoms with Crippen molar-refractivity contribution in [2.45, 2.75) is 11.3 Å². The Morgan fingerprint density at radius 1 is 1.13 bits per heavy atom. The lowest BCUT2D eigenvalue weighted by molar-refractivity contribution is -0.150. The summed E-state index contributed by atoms with van der Waals surface area (Å²) in [7, 11) is -3.95. The highest BCUT2D eigenvalue weighted by molar-refractivity contribution is 7.89. The van der Waals surface area contributed by atoms with Gasteiger partial charge >= 0.3 is 5.97 Å². The van der Waals surface area contributed by atoms with E-state index >= 15 is 0 Å². The first kappa shape index (κ1) is 21.2. The van der Waals surface area contributed by atoms with Gasteiger partial charge in [-0.15, -0.1) is 0 Å². The van der Waals surface area contributed by atoms with Gasteiger partial charge in [-0.05, 0) is 29.8 Å². The van der Waals surface area contributed by atoms with E-state index in [-0.39, 0.29) is 4.90 Å². The van der Waals surface area contributed by atoms with Gasteiger partial charge in [-0.2, -0.15) is 15.1 Å². The molecular formula is C20H18N4O5S. The summed E-state index contributed by atoms with van der Waals surface area (Å²) in [5.41, 5.74) is 2.00. The fourth-order valence-electron chi connectivity index (χ4n) is 2.68. The molecular weight excluding hydrogens is 408 g/mol. The van der Waals surface area contributed by atoms with Crippen LogP contribution >= 0.6 is 0 Å². The third kappa shape index (κ3) is 5.28. The number of rotatable bonds is 7. The first-order valence-corrected chi connectivity index (χ1v) is 10.5. The summed E-state index contributed by atoms with van der Waals surface area (Å²) in [6.45, 7) is -0.789. The molecule has 0 spiro atoms. The maximum atomic E-state index is 12.2. The molecule has 0 fully saturated rings. The van der Waals surface area contributed by atoms with E-state index in [4.69, 9.17) is 10.00 Å². The van der Waals surface area contributed by atoms with E-state index in [1.165, 1.54) is 29.3 Å². The molecule has 0 bridgehead atoms. The van der Waals surface area contributed by atoms with Crippen LogP contribution in [0.5, 0.6) is 0 Å². The quantitative estimate of drug-likeness (QED) is 0.658. The standard InChI is InChI=1S/C20H18N4O5S/c21-12-15-6-8-17(9-7-15)30(27,28)22-13-20(26)29-14-19(25)24-11-10-18(23-24)16-4-2-1-3-5-16/h1-9,22H,10-11,13-14H2. The van der Waals surface area contributed by atoms with Crippen molar-refractivity contribution in [3.63, 3.8) is 0 Å². The zero-order valence-corrected chi connectivity index (χ0v) is 16.6. The molecule has 0 atom stereocenters. The molecule has 1 aliphatic rings. The molecule has 1 aliphatic heterocycles. The molecule has 154 valence electrons. The number of benzene rings is 2. The Morgan fingerprint density at radius 2 is 1.83 bits per heavy atom. The topological polar surface area (TPSA) is 129 Å². The average molecular weight is 426 g/mol. The predicted octanol–water partition coefficient (Wildman–Crippen LogP) is 1.02. The largest absolute Gasteiger partial charge is 0.455 e. The van der Waals surface area contributed by atoms with Crippen LogP contribution in [0, 0.1) is 11.3 Å². The third-order valence-electron chi connectivity index (χ3n) is 4.25. The van der Waals surface area contributed by atoms with Crippen LogP contribution in [-0.4, -0.2) is 50.7 Å². The van der Waals surface area contributed by atoms with Crippen molar-refractivity contribution in [2.24, 2.45) is 5.10 Å². The molecule has 0 aromatic heterocycles. The van der Waals surface area contributed by atoms with Gasteiger partial charge in [-0.1, -0.05) is 30.3 Å². The van der Waals surface area contributed by atoms with E-state index in [1.807, 2.05) is 36.4 Å². The Hall–Kier alpha value is -3.55. The predicted molar refractivity (Wildman–Crippen MR) is 107 cm³/mol. The van der Waals surface area contributed by atoms with Crippen LogP contribution in [0.3, 0.4) is 0 Å². The number of carbonyl (C=O) groups excluding carboxylic acids is 2. The minimum absolute atomic E-state index is 0.0924. The summed E-state index contributed by atoms with van der Waals surface area (Å²) in [6, 6.07) is 16.5. The van der Waals surface area contributed by atoms with E-state index in [2.05, 4.69) is 9.82 Å². The Kier molecular flexibility index (Phi) is 6.56. The van der Waals surface area contributed by atoms with Gasteiger partial charge in [0.15, 0.2) is 6.61 Å². The summed E-state index contributed by atoms with van der Waals surface area (Å²) >= 11 is 0. The van der Waals surface area contributed by atoms with E-state index < -0.39 is 35.1 Å². The van der Waals surface area contributed by atoms with Crippen LogP contribution in [0.4, 0.5) is 0 Å². The molecule has 0 unspecified atom stereocenters. The number of sulfonamides is 1. The lowest BCUT2D eigenvalue weighted by Crippen LogP contribution is -2.34. The molecule has 0 aliphatic carbocycles. The normalized spacial score (nSPS) is 13.4. The number of carbonyl (C=O) groups is 2. The zero-order valence-electron chi connectivity index (χ0n) is 15.8. The first-order chi connectivity index (χ1) is 14.4. The van der Waals surface area contributed by atoms with E-state index in [9.17, 15) is 18.0 Å². The Labute approximate surface area is 173 Å². The van der Waals surface area contributed by atoms with Crippen molar-refractivity contribution in [1.29, 1.82) is 5.26 Å². The lowest BCUT2D eigenvalue weighted by atomic mass is 10.1. The molecule has 0 radical (unpaired) electrons. The van der Waals surface area contributed by atoms with Crippen molar-refractivity contribution >= 4 is 27.6 Å². The van der Waals surface area contributed by atoms with Crippen molar-refractivity contribution in [1.82, 2.24) is 9.73 Å². The zero-order chi connectivity index (χ0) is 21.6. The van der Waals surface area contributed by atoms with E-state index in [1.54, 1.807) is 0 Å². The van der Waals surface area contributed by atoms with Gasteiger partial charge in [0.25, 0.3) is 5.91 Å². The molecule has 1 N–H and O–H groups in total. The Morgan fingerprint density at radius 3 is 2.50 bits per heavy atom. The summed E-state index contributed by atoms with van der Waals surface area (Å²) < 4.78 is 31.3. The smallest absolute Gasteiger partial charge is 0.321 e. The van der Waals surface area contributed by atoms with Gasteiger partial charge in [-0.3, -0.25) is 9.59 Å². The Balaban J connectivity index is 1.48. The molecule has 10 heteroatoms. The van der Waals surface area contributed by atoms with Crippen molar-refractivity contribution in [3.8, 4) is 6.07 Å². The lowest BCUT2D eigenvalue weighted by Gasteiger charge is -2.12. The summed E-state index contributed by atoms with van der Waals surface area (Å²) in [5.74, 6) is -1.39. The molecule has 9 nitrogen and oxygen atoms in total. The molecule has 3 rings (SSSR count). The van der Waals surface area contributed by atoms with Crippen molar-refractivity contribution in [2.75, 3.05) is 19.7 Å². The number of amides is 1. The molecule has 0 saturated heterocycles. The summed E-state index contributed by atoms with van der Waals surface area (Å²) in [5, 5.41) is 14.2. The number of esters is 1. The molecule has 1 heterocycles. The highest BCUT2D eigenvalue weighted by Crippen LogP contribution is 2.14. The van der Waals surface area contributed by atoms with Gasteiger partial charge in [0.1, 0.15) is 6.54 Å². The summed E-state index contributed by atoms with van der Waals surface area (Å²) in [4.78, 5) is 23.9. The SMILES string of the molecule is N#Cc1ccc(S(=O)(=O)NCC(=O)OCC(=O)N2CCC(c3ccccc3)=N2)cc1. The minimum atomic E-state index is -3.95. The van der Waals surface area contributed by atoms with Crippen molar-refractivity contribution in [3.05, 3.63) is 65.7 Å². The second kappa shape index (κ2) is 9.30. The number of ether oxygens (including phenoxy) is 1. The number of nitrogens with zero attached hydrogens (tertiary/aromatic N) is 3. The maximum Gasteiger partial charge on any atom is 0.321 e. The van der Waals surface area contributed by atoms with Crippen molar-refractivity contribution < 1.29 is 22.7 Å². The minimum Gasteiger partial charge on any atom is -0.455 e. The Bertz CT molecular complexity index is 1110. The van der Waals surface area contributed by atoms with Gasteiger partial charge in [0.2, 0.25) is 10.0 Å². The molecule has 0 saturated carbocycles. The molecule has 30 heavy (non-hydrogen) atoms. The second-order valence-corrected chi connectivity index (χ2v) is 8.07. The molecule has 1 amide bonds. The van der Waals surface area contributed by atoms with Crippen LogP contribution in [0.25, 0.3) is 0 Å². The van der Waals surface area contributed by atoms with Gasteiger partial charge in [0, 0.05) is 6.42 Å². The van der Waals surface area contributed by atoms with E-state index in [0.29, 0.717) is 18.5 Å². The maximum absolute atomic E-state index is 12.2. The van der Waals surface area contributed by atoms with Crippen LogP contribution in [0.1, 0.15) is 17.5 Å². The summed E-state index contributed by atoms with van der Waals surface area (Å²) in [6.07, 6.45) is 0.591. The highest BCUT2D eigenvalue weighted by Gasteiger charge is 2.23. The van der Waals surface area contributed by atoms with Gasteiger partial charge < -0.3 is 4.74 Å². The number of hydrogen-bond donors (Lipinski definition) is 1. The van der Waals surface area contributed by atoms with Crippen LogP contribution < -0.4 is 4.72 Å². The van der Waals surface area contributed by atoms with Crippen LogP contribution in [-0.2, 0) is 24.3 Å². The van der Waals surface area contributed by atoms with E-state index in [0.717, 1.165) is 11.3 Å². The van der Waals surface area contributed by atoms with Crippen LogP contribution in [0.2, 0.25) is 0 Å². The monoisotopic (exact) mass is 426 g/mol. The van der Waals surface area contributed by atoms with Gasteiger partial charge in [0.05, 0.1) is 28.8 Å². The average Bonchev–Trinajstić information content (AvgIpc) is 3.27. The van der Waals surface area contributed by atoms with Gasteiger partial charge in [-0.25, -0.2) is 13.4 Å². The number of nitrogens with one attached hydrogen (secondary N) is 1. The second-order valence-electron chi connectivity index (χ2n) is 6.30. The molecule has 2 aromatic carbocycles. The number of nitriles is 1. The number of hydrazone groups is 1. The fraction of sp³-hybridized carbons (Fsp3) is 0.200. The first-order valence-electron chi connectivity index (χ1n) is 8.98. The number of hydrogen-bond acceptors (Lipinski definition) is 7. The fourth-order valence-corrected chi connectivity index (χ4v) is 3.65. The molecule has 2 aromatic rings. The highest BCUT2D eigenvalue weighted by atomic mass is 32.2. The third-order valence-corrected chi connectivity index (χ3v) is 5.67.